The first-order valence-corrected chi connectivity index (χ1v) is 9.64. The number of aryl methyl sites for hydroxylation is 2. The minimum absolute atomic E-state index is 1.18. The number of hydrogen-bond acceptors (Lipinski definition) is 1. The van der Waals surface area contributed by atoms with Crippen LogP contribution in [0.5, 0.6) is 0 Å². The number of aromatic nitrogens is 1. The van der Waals surface area contributed by atoms with Gasteiger partial charge >= 0.3 is 133 Å². The fourth-order valence-corrected chi connectivity index (χ4v) is 3.92. The molecule has 0 unspecified atom stereocenters. The number of hydrogen-bond donors (Lipinski definition) is 0. The van der Waals surface area contributed by atoms with Crippen LogP contribution in [0.2, 0.25) is 0 Å². The third-order valence-corrected chi connectivity index (χ3v) is 5.80. The monoisotopic (exact) mass is 367 g/mol. The summed E-state index contributed by atoms with van der Waals surface area (Å²) in [6, 6.07) is 0. The van der Waals surface area contributed by atoms with E-state index in [4.69, 9.17) is 4.98 Å². The minimum atomic E-state index is 1.18. The van der Waals surface area contributed by atoms with E-state index in [0.717, 1.165) is 0 Å². The van der Waals surface area contributed by atoms with Crippen molar-refractivity contribution in [3.63, 3.8) is 0 Å². The van der Waals surface area contributed by atoms with E-state index in [1.807, 2.05) is 0 Å². The molecule has 0 aliphatic heterocycles. The summed E-state index contributed by atoms with van der Waals surface area (Å²) in [6.07, 6.45) is 13.6. The molecule has 1 nitrogen and oxygen atoms in total. The molecule has 0 fully saturated rings. The molecular weight excluding hydrogens is 337 g/mol. The first-order valence-electron chi connectivity index (χ1n) is 7.99. The first-order chi connectivity index (χ1) is 9.24. The van der Waals surface area contributed by atoms with Gasteiger partial charge in [0.1, 0.15) is 0 Å². The molecule has 0 spiro atoms. The maximum absolute atomic E-state index is 4.80. The van der Waals surface area contributed by atoms with Gasteiger partial charge in [-0.05, 0) is 0 Å². The summed E-state index contributed by atoms with van der Waals surface area (Å²) in [5, 5.41) is 0. The standard InChI is InChI=1S/C17H28N.Sn.H/c1-4-7-10-15-13-16(11-8-5-2)17(18-14-15)12-9-6-3;;/h14H,4-12H2,1-3H3;;. The Morgan fingerprint density at radius 1 is 0.895 bits per heavy atom. The van der Waals surface area contributed by atoms with Crippen LogP contribution in [0.3, 0.4) is 0 Å². The molecule has 1 heterocycles. The molecule has 1 rings (SSSR count). The van der Waals surface area contributed by atoms with Crippen molar-refractivity contribution in [3.05, 3.63) is 23.0 Å². The summed E-state index contributed by atoms with van der Waals surface area (Å²) in [7, 11) is 0. The van der Waals surface area contributed by atoms with Gasteiger partial charge < -0.3 is 0 Å². The van der Waals surface area contributed by atoms with E-state index >= 15 is 0 Å². The molecule has 2 radical (unpaired) electrons. The SMILES string of the molecule is CCCCc1cnc(CCCC)c(CCCC)[c]1[SnH]. The molecular formula is C17H29NSn. The molecule has 0 saturated heterocycles. The van der Waals surface area contributed by atoms with E-state index < -0.39 is 0 Å². The van der Waals surface area contributed by atoms with Gasteiger partial charge in [-0.3, -0.25) is 0 Å². The normalized spacial score (nSPS) is 10.9. The number of unbranched alkanes of at least 4 members (excludes halogenated alkanes) is 3. The molecule has 1 aromatic heterocycles. The van der Waals surface area contributed by atoms with Crippen LogP contribution in [0, 0.1) is 0 Å². The van der Waals surface area contributed by atoms with Crippen molar-refractivity contribution in [2.24, 2.45) is 0 Å². The molecule has 0 aliphatic rings. The van der Waals surface area contributed by atoms with Gasteiger partial charge in [0.2, 0.25) is 0 Å². The zero-order valence-electron chi connectivity index (χ0n) is 13.0. The molecule has 19 heavy (non-hydrogen) atoms. The maximum atomic E-state index is 4.80. The second-order valence-electron chi connectivity index (χ2n) is 5.43. The van der Waals surface area contributed by atoms with Crippen LogP contribution in [0.4, 0.5) is 0 Å². The average molecular weight is 366 g/mol. The van der Waals surface area contributed by atoms with Crippen molar-refractivity contribution in [1.82, 2.24) is 4.98 Å². The van der Waals surface area contributed by atoms with Crippen LogP contribution < -0.4 is 3.58 Å². The van der Waals surface area contributed by atoms with Gasteiger partial charge in [0, 0.05) is 0 Å². The number of pyridine rings is 1. The summed E-state index contributed by atoms with van der Waals surface area (Å²) in [5.74, 6) is 0. The number of rotatable bonds is 9. The van der Waals surface area contributed by atoms with Crippen LogP contribution in [0.15, 0.2) is 6.20 Å². The predicted octanol–water partition coefficient (Wildman–Crippen LogP) is 3.64. The molecule has 0 N–H and O–H groups in total. The van der Waals surface area contributed by atoms with E-state index in [2.05, 4.69) is 27.0 Å². The predicted molar refractivity (Wildman–Crippen MR) is 86.9 cm³/mol. The third kappa shape index (κ3) is 5.45. The molecule has 2 heteroatoms. The third-order valence-electron chi connectivity index (χ3n) is 3.74. The van der Waals surface area contributed by atoms with Gasteiger partial charge in [0.05, 0.1) is 0 Å². The molecule has 1 aromatic rings. The Hall–Kier alpha value is -0.0513. The van der Waals surface area contributed by atoms with Crippen molar-refractivity contribution in [2.75, 3.05) is 0 Å². The van der Waals surface area contributed by atoms with Crippen LogP contribution in [0.1, 0.15) is 76.1 Å². The zero-order chi connectivity index (χ0) is 14.1. The van der Waals surface area contributed by atoms with Crippen molar-refractivity contribution in [2.45, 2.75) is 78.6 Å². The molecule has 0 amide bonds. The summed E-state index contributed by atoms with van der Waals surface area (Å²) < 4.78 is 1.66. The van der Waals surface area contributed by atoms with Gasteiger partial charge in [0.25, 0.3) is 0 Å². The molecule has 0 bridgehead atoms. The van der Waals surface area contributed by atoms with E-state index in [1.165, 1.54) is 91.6 Å². The first kappa shape index (κ1) is 17.0. The Morgan fingerprint density at radius 3 is 2.11 bits per heavy atom. The van der Waals surface area contributed by atoms with Crippen molar-refractivity contribution < 1.29 is 0 Å². The average Bonchev–Trinajstić information content (AvgIpc) is 2.43. The van der Waals surface area contributed by atoms with Crippen LogP contribution >= 0.6 is 0 Å². The molecule has 0 saturated carbocycles. The quantitative estimate of drug-likeness (QED) is 0.609. The van der Waals surface area contributed by atoms with Gasteiger partial charge in [-0.25, -0.2) is 0 Å². The van der Waals surface area contributed by atoms with Crippen LogP contribution in [0.25, 0.3) is 0 Å². The topological polar surface area (TPSA) is 12.9 Å². The van der Waals surface area contributed by atoms with E-state index in [9.17, 15) is 0 Å². The fraction of sp³-hybridized carbons (Fsp3) is 0.706. The van der Waals surface area contributed by atoms with Crippen molar-refractivity contribution in [1.29, 1.82) is 0 Å². The zero-order valence-corrected chi connectivity index (χ0v) is 16.3. The second kappa shape index (κ2) is 9.79. The Bertz CT molecular complexity index is 374. The summed E-state index contributed by atoms with van der Waals surface area (Å²) in [4.78, 5) is 4.80. The summed E-state index contributed by atoms with van der Waals surface area (Å²) in [5.41, 5.74) is 4.56. The van der Waals surface area contributed by atoms with Crippen LogP contribution in [-0.2, 0) is 19.3 Å². The van der Waals surface area contributed by atoms with E-state index in [-0.39, 0.29) is 0 Å². The fourth-order valence-electron chi connectivity index (χ4n) is 2.41. The molecule has 0 atom stereocenters. The van der Waals surface area contributed by atoms with Gasteiger partial charge in [0.15, 0.2) is 0 Å². The summed E-state index contributed by atoms with van der Waals surface area (Å²) >= 11 is 1.25. The van der Waals surface area contributed by atoms with Crippen LogP contribution in [-0.4, -0.2) is 27.5 Å². The molecule has 0 aromatic carbocycles. The van der Waals surface area contributed by atoms with Gasteiger partial charge in [-0.15, -0.1) is 0 Å². The Labute approximate surface area is 132 Å². The molecule has 0 aliphatic carbocycles. The Kier molecular flexibility index (Phi) is 8.76. The van der Waals surface area contributed by atoms with Crippen molar-refractivity contribution >= 4 is 26.1 Å². The van der Waals surface area contributed by atoms with Crippen molar-refractivity contribution in [3.8, 4) is 0 Å². The second-order valence-corrected chi connectivity index (χ2v) is 7.08. The van der Waals surface area contributed by atoms with E-state index in [0.29, 0.717) is 0 Å². The van der Waals surface area contributed by atoms with E-state index in [1.54, 1.807) is 9.14 Å². The summed E-state index contributed by atoms with van der Waals surface area (Å²) in [6.45, 7) is 6.82. The van der Waals surface area contributed by atoms with Gasteiger partial charge in [-0.2, -0.15) is 0 Å². The number of nitrogens with zero attached hydrogens (tertiary/aromatic N) is 1. The Balaban J connectivity index is 2.94. The molecule has 106 valence electrons. The Morgan fingerprint density at radius 2 is 1.47 bits per heavy atom. The van der Waals surface area contributed by atoms with Gasteiger partial charge in [-0.1, -0.05) is 0 Å².